The number of amides is 1. The molecule has 1 heterocycles. The van der Waals surface area contributed by atoms with E-state index in [-0.39, 0.29) is 11.8 Å². The second-order valence-corrected chi connectivity index (χ2v) is 11.1. The molecule has 0 bridgehead atoms. The van der Waals surface area contributed by atoms with E-state index in [9.17, 15) is 4.79 Å². The Labute approximate surface area is 227 Å². The van der Waals surface area contributed by atoms with Gasteiger partial charge >= 0.3 is 0 Å². The van der Waals surface area contributed by atoms with E-state index < -0.39 is 6.04 Å². The number of likely N-dealkylation sites (N-methyl/N-ethyl adjacent to an activating group) is 2. The first-order valence-electron chi connectivity index (χ1n) is 14.1. The Bertz CT molecular complexity index is 1180. The van der Waals surface area contributed by atoms with Gasteiger partial charge in [-0.2, -0.15) is 0 Å². The Morgan fingerprint density at radius 3 is 2.34 bits per heavy atom. The molecule has 38 heavy (non-hydrogen) atoms. The van der Waals surface area contributed by atoms with Crippen molar-refractivity contribution in [1.82, 2.24) is 19.8 Å². The van der Waals surface area contributed by atoms with Gasteiger partial charge in [0, 0.05) is 24.5 Å². The number of nitrogens with one attached hydrogen (secondary N) is 1. The van der Waals surface area contributed by atoms with Crippen LogP contribution in [0.3, 0.4) is 0 Å². The van der Waals surface area contributed by atoms with Crippen LogP contribution in [-0.4, -0.2) is 64.4 Å². The predicted molar refractivity (Wildman–Crippen MR) is 156 cm³/mol. The van der Waals surface area contributed by atoms with Crippen LogP contribution < -0.4 is 11.1 Å². The number of hydrogen-bond donors (Lipinski definition) is 2. The van der Waals surface area contributed by atoms with Gasteiger partial charge in [0.1, 0.15) is 17.7 Å². The Hall–Kier alpha value is -3.03. The van der Waals surface area contributed by atoms with Crippen LogP contribution in [0.5, 0.6) is 0 Å². The lowest BCUT2D eigenvalue weighted by Crippen LogP contribution is -2.42. The number of nitrogens with zero attached hydrogens (tertiary/aromatic N) is 4. The maximum atomic E-state index is 12.0. The standard InChI is InChI=1S/C31H44N6O/c1-5-37(25-17-15-24(16-18-25)23-11-7-6-8-12-23)20-19-36(4)21-28-33-27-14-10-9-13-26(27)31(34-28)35-29(22(2)3)30(32)38/h6-14,22,24-25,29H,5,15-21H2,1-4H3,(H2,32,38)(H,33,34,35)/t24?,25?,29-/m0/s1. The fourth-order valence-electron chi connectivity index (χ4n) is 5.74. The minimum atomic E-state index is -0.492. The summed E-state index contributed by atoms with van der Waals surface area (Å²) in [6.07, 6.45) is 5.06. The van der Waals surface area contributed by atoms with Gasteiger partial charge in [-0.25, -0.2) is 9.97 Å². The molecule has 1 atom stereocenters. The molecule has 4 rings (SSSR count). The third-order valence-electron chi connectivity index (χ3n) is 7.99. The summed E-state index contributed by atoms with van der Waals surface area (Å²) in [4.78, 5) is 26.6. The van der Waals surface area contributed by atoms with Gasteiger partial charge in [0.25, 0.3) is 0 Å². The molecule has 1 saturated carbocycles. The lowest BCUT2D eigenvalue weighted by Gasteiger charge is -2.37. The second-order valence-electron chi connectivity index (χ2n) is 11.1. The highest BCUT2D eigenvalue weighted by Gasteiger charge is 2.26. The molecule has 3 N–H and O–H groups in total. The molecule has 1 fully saturated rings. The molecule has 204 valence electrons. The van der Waals surface area contributed by atoms with Gasteiger partial charge in [-0.15, -0.1) is 0 Å². The van der Waals surface area contributed by atoms with Crippen LogP contribution in [0.1, 0.15) is 63.8 Å². The summed E-state index contributed by atoms with van der Waals surface area (Å²) in [5.41, 5.74) is 8.03. The molecule has 0 radical (unpaired) electrons. The summed E-state index contributed by atoms with van der Waals surface area (Å²) in [6.45, 7) is 9.92. The van der Waals surface area contributed by atoms with Crippen molar-refractivity contribution in [1.29, 1.82) is 0 Å². The summed E-state index contributed by atoms with van der Waals surface area (Å²) in [6, 6.07) is 19.1. The highest BCUT2D eigenvalue weighted by Crippen LogP contribution is 2.34. The largest absolute Gasteiger partial charge is 0.368 e. The van der Waals surface area contributed by atoms with Crippen molar-refractivity contribution < 1.29 is 4.79 Å². The first-order valence-corrected chi connectivity index (χ1v) is 14.1. The molecule has 1 aliphatic carbocycles. The van der Waals surface area contributed by atoms with Crippen molar-refractivity contribution >= 4 is 22.6 Å². The lowest BCUT2D eigenvalue weighted by atomic mass is 9.81. The number of carbonyl (C=O) groups excluding carboxylic acids is 1. The number of aromatic nitrogens is 2. The topological polar surface area (TPSA) is 87.4 Å². The van der Waals surface area contributed by atoms with Crippen molar-refractivity contribution in [2.45, 2.75) is 71.0 Å². The molecule has 0 saturated heterocycles. The van der Waals surface area contributed by atoms with Gasteiger partial charge in [0.2, 0.25) is 5.91 Å². The van der Waals surface area contributed by atoms with E-state index in [0.29, 0.717) is 24.3 Å². The summed E-state index contributed by atoms with van der Waals surface area (Å²) >= 11 is 0. The van der Waals surface area contributed by atoms with Crippen molar-refractivity contribution in [3.05, 3.63) is 66.0 Å². The summed E-state index contributed by atoms with van der Waals surface area (Å²) in [5, 5.41) is 4.20. The molecular weight excluding hydrogens is 472 g/mol. The Kier molecular flexibility index (Phi) is 9.69. The second kappa shape index (κ2) is 13.2. The minimum Gasteiger partial charge on any atom is -0.368 e. The van der Waals surface area contributed by atoms with E-state index in [4.69, 9.17) is 15.7 Å². The molecular formula is C31H44N6O. The molecule has 0 unspecified atom stereocenters. The fraction of sp³-hybridized carbons (Fsp3) is 0.516. The average Bonchev–Trinajstić information content (AvgIpc) is 2.92. The number of fused-ring (bicyclic) bond motifs is 1. The van der Waals surface area contributed by atoms with Gasteiger partial charge in [-0.3, -0.25) is 14.6 Å². The van der Waals surface area contributed by atoms with Gasteiger partial charge in [0.15, 0.2) is 0 Å². The van der Waals surface area contributed by atoms with Gasteiger partial charge < -0.3 is 11.1 Å². The zero-order valence-electron chi connectivity index (χ0n) is 23.4. The maximum absolute atomic E-state index is 12.0. The predicted octanol–water partition coefficient (Wildman–Crippen LogP) is 5.03. The van der Waals surface area contributed by atoms with Crippen LogP contribution in [0.25, 0.3) is 10.9 Å². The molecule has 3 aromatic rings. The fourth-order valence-corrected chi connectivity index (χ4v) is 5.74. The number of carbonyl (C=O) groups is 1. The molecule has 0 spiro atoms. The number of primary amides is 1. The summed E-state index contributed by atoms with van der Waals surface area (Å²) in [7, 11) is 2.13. The van der Waals surface area contributed by atoms with E-state index in [1.54, 1.807) is 0 Å². The molecule has 0 aliphatic heterocycles. The lowest BCUT2D eigenvalue weighted by molar-refractivity contribution is -0.119. The zero-order chi connectivity index (χ0) is 27.1. The van der Waals surface area contributed by atoms with Crippen LogP contribution in [0, 0.1) is 5.92 Å². The summed E-state index contributed by atoms with van der Waals surface area (Å²) in [5.74, 6) is 1.79. The van der Waals surface area contributed by atoms with Gasteiger partial charge in [-0.1, -0.05) is 63.2 Å². The van der Waals surface area contributed by atoms with Crippen LogP contribution in [-0.2, 0) is 11.3 Å². The van der Waals surface area contributed by atoms with E-state index in [1.807, 2.05) is 38.1 Å². The average molecular weight is 517 g/mol. The van der Waals surface area contributed by atoms with Crippen LogP contribution in [0.4, 0.5) is 5.82 Å². The Morgan fingerprint density at radius 2 is 1.68 bits per heavy atom. The smallest absolute Gasteiger partial charge is 0.240 e. The van der Waals surface area contributed by atoms with E-state index >= 15 is 0 Å². The molecule has 7 nitrogen and oxygen atoms in total. The Balaban J connectivity index is 1.37. The SMILES string of the molecule is CCN(CCN(C)Cc1nc(N[C@H](C(N)=O)C(C)C)c2ccccc2n1)C1CCC(c2ccccc2)CC1. The summed E-state index contributed by atoms with van der Waals surface area (Å²) < 4.78 is 0. The molecule has 7 heteroatoms. The van der Waals surface area contributed by atoms with E-state index in [0.717, 1.165) is 36.4 Å². The van der Waals surface area contributed by atoms with Crippen molar-refractivity contribution in [2.24, 2.45) is 11.7 Å². The number of nitrogens with two attached hydrogens (primary N) is 1. The highest BCUT2D eigenvalue weighted by molar-refractivity contribution is 5.91. The normalized spacial score (nSPS) is 18.8. The minimum absolute atomic E-state index is 0.0511. The first-order chi connectivity index (χ1) is 18.4. The quantitative estimate of drug-likeness (QED) is 0.351. The van der Waals surface area contributed by atoms with Gasteiger partial charge in [0.05, 0.1) is 12.1 Å². The number of para-hydroxylation sites is 1. The van der Waals surface area contributed by atoms with Crippen molar-refractivity contribution in [3.63, 3.8) is 0 Å². The van der Waals surface area contributed by atoms with Crippen LogP contribution in [0.2, 0.25) is 0 Å². The zero-order valence-corrected chi connectivity index (χ0v) is 23.4. The first kappa shape index (κ1) is 28.0. The van der Waals surface area contributed by atoms with E-state index in [2.05, 4.69) is 59.4 Å². The van der Waals surface area contributed by atoms with Gasteiger partial charge in [-0.05, 0) is 68.8 Å². The monoisotopic (exact) mass is 516 g/mol. The van der Waals surface area contributed by atoms with Crippen LogP contribution in [0.15, 0.2) is 54.6 Å². The maximum Gasteiger partial charge on any atom is 0.240 e. The van der Waals surface area contributed by atoms with Crippen molar-refractivity contribution in [3.8, 4) is 0 Å². The molecule has 1 amide bonds. The van der Waals surface area contributed by atoms with Crippen molar-refractivity contribution in [2.75, 3.05) is 32.0 Å². The third kappa shape index (κ3) is 7.08. The molecule has 1 aliphatic rings. The number of benzene rings is 2. The molecule has 2 aromatic carbocycles. The third-order valence-corrected chi connectivity index (χ3v) is 7.99. The highest BCUT2D eigenvalue weighted by atomic mass is 16.1. The number of rotatable bonds is 12. The number of anilines is 1. The Morgan fingerprint density at radius 1 is 1.00 bits per heavy atom. The van der Waals surface area contributed by atoms with Crippen LogP contribution >= 0.6 is 0 Å². The molecule has 1 aromatic heterocycles. The van der Waals surface area contributed by atoms with E-state index in [1.165, 1.54) is 31.2 Å². The number of hydrogen-bond acceptors (Lipinski definition) is 6.